The number of amides is 1. The van der Waals surface area contributed by atoms with E-state index in [1.807, 2.05) is 42.0 Å². The summed E-state index contributed by atoms with van der Waals surface area (Å²) >= 11 is 0. The van der Waals surface area contributed by atoms with E-state index in [9.17, 15) is 9.18 Å². The van der Waals surface area contributed by atoms with Crippen LogP contribution in [0.3, 0.4) is 0 Å². The summed E-state index contributed by atoms with van der Waals surface area (Å²) in [6.45, 7) is 1.91. The molecule has 0 bridgehead atoms. The molecule has 2 aromatic carbocycles. The second kappa shape index (κ2) is 7.08. The van der Waals surface area contributed by atoms with Crippen molar-refractivity contribution >= 4 is 5.91 Å². The van der Waals surface area contributed by atoms with Gasteiger partial charge >= 0.3 is 0 Å². The SMILES string of the molecule is C[C@H](NC(=O)Cc1ccccc1F)c1ccc(-n2ccnc2)cc1. The fourth-order valence-corrected chi connectivity index (χ4v) is 2.54. The van der Waals surface area contributed by atoms with Gasteiger partial charge in [0.2, 0.25) is 5.91 Å². The van der Waals surface area contributed by atoms with E-state index in [0.717, 1.165) is 11.3 Å². The molecule has 1 aromatic heterocycles. The van der Waals surface area contributed by atoms with Crippen LogP contribution in [0.25, 0.3) is 5.69 Å². The first-order valence-electron chi connectivity index (χ1n) is 7.74. The number of nitrogens with one attached hydrogen (secondary N) is 1. The predicted octanol–water partition coefficient (Wildman–Crippen LogP) is 3.43. The van der Waals surface area contributed by atoms with Crippen molar-refractivity contribution in [2.75, 3.05) is 0 Å². The van der Waals surface area contributed by atoms with Gasteiger partial charge in [0, 0.05) is 18.1 Å². The molecule has 0 saturated carbocycles. The molecule has 4 nitrogen and oxygen atoms in total. The van der Waals surface area contributed by atoms with Crippen LogP contribution in [0.2, 0.25) is 0 Å². The normalized spacial score (nSPS) is 11.9. The van der Waals surface area contributed by atoms with Gasteiger partial charge in [-0.15, -0.1) is 0 Å². The van der Waals surface area contributed by atoms with Crippen LogP contribution < -0.4 is 5.32 Å². The van der Waals surface area contributed by atoms with E-state index in [4.69, 9.17) is 0 Å². The van der Waals surface area contributed by atoms with Gasteiger partial charge in [-0.3, -0.25) is 4.79 Å². The fraction of sp³-hybridized carbons (Fsp3) is 0.158. The highest BCUT2D eigenvalue weighted by atomic mass is 19.1. The average Bonchev–Trinajstić information content (AvgIpc) is 3.11. The second-order valence-corrected chi connectivity index (χ2v) is 5.62. The van der Waals surface area contributed by atoms with Gasteiger partial charge in [0.05, 0.1) is 18.8 Å². The fourth-order valence-electron chi connectivity index (χ4n) is 2.54. The smallest absolute Gasteiger partial charge is 0.225 e. The number of hydrogen-bond acceptors (Lipinski definition) is 2. The number of benzene rings is 2. The molecule has 0 spiro atoms. The van der Waals surface area contributed by atoms with Crippen LogP contribution in [-0.2, 0) is 11.2 Å². The predicted molar refractivity (Wildman–Crippen MR) is 90.2 cm³/mol. The molecule has 1 N–H and O–H groups in total. The average molecular weight is 323 g/mol. The van der Waals surface area contributed by atoms with Gasteiger partial charge in [-0.05, 0) is 36.2 Å². The number of halogens is 1. The van der Waals surface area contributed by atoms with Crippen LogP contribution in [-0.4, -0.2) is 15.5 Å². The maximum absolute atomic E-state index is 13.6. The van der Waals surface area contributed by atoms with Gasteiger partial charge in [-0.1, -0.05) is 30.3 Å². The Morgan fingerprint density at radius 1 is 1.21 bits per heavy atom. The number of hydrogen-bond donors (Lipinski definition) is 1. The van der Waals surface area contributed by atoms with E-state index in [-0.39, 0.29) is 24.2 Å². The standard InChI is InChI=1S/C19H18FN3O/c1-14(22-19(24)12-16-4-2-3-5-18(16)20)15-6-8-17(9-7-15)23-11-10-21-13-23/h2-11,13-14H,12H2,1H3,(H,22,24)/t14-/m0/s1. The summed E-state index contributed by atoms with van der Waals surface area (Å²) in [6.07, 6.45) is 5.35. The van der Waals surface area contributed by atoms with Crippen molar-refractivity contribution in [3.05, 3.63) is 84.2 Å². The highest BCUT2D eigenvalue weighted by molar-refractivity contribution is 5.79. The Labute approximate surface area is 140 Å². The van der Waals surface area contributed by atoms with E-state index in [0.29, 0.717) is 5.56 Å². The Balaban J connectivity index is 1.63. The van der Waals surface area contributed by atoms with Crippen molar-refractivity contribution in [1.82, 2.24) is 14.9 Å². The van der Waals surface area contributed by atoms with E-state index in [1.54, 1.807) is 30.7 Å². The summed E-state index contributed by atoms with van der Waals surface area (Å²) in [7, 11) is 0. The van der Waals surface area contributed by atoms with Crippen molar-refractivity contribution < 1.29 is 9.18 Å². The van der Waals surface area contributed by atoms with Crippen LogP contribution >= 0.6 is 0 Å². The molecule has 0 aliphatic rings. The maximum atomic E-state index is 13.6. The second-order valence-electron chi connectivity index (χ2n) is 5.62. The molecule has 5 heteroatoms. The highest BCUT2D eigenvalue weighted by Crippen LogP contribution is 2.16. The van der Waals surface area contributed by atoms with Gasteiger partial charge in [-0.2, -0.15) is 0 Å². The van der Waals surface area contributed by atoms with E-state index in [2.05, 4.69) is 10.3 Å². The first kappa shape index (κ1) is 15.9. The quantitative estimate of drug-likeness (QED) is 0.782. The number of rotatable bonds is 5. The molecule has 0 aliphatic heterocycles. The number of carbonyl (C=O) groups is 1. The maximum Gasteiger partial charge on any atom is 0.225 e. The van der Waals surface area contributed by atoms with E-state index < -0.39 is 0 Å². The van der Waals surface area contributed by atoms with Crippen molar-refractivity contribution in [3.63, 3.8) is 0 Å². The lowest BCUT2D eigenvalue weighted by atomic mass is 10.1. The van der Waals surface area contributed by atoms with Crippen molar-refractivity contribution in [1.29, 1.82) is 0 Å². The molecule has 1 heterocycles. The van der Waals surface area contributed by atoms with E-state index >= 15 is 0 Å². The minimum absolute atomic E-state index is 0.0319. The Morgan fingerprint density at radius 3 is 2.62 bits per heavy atom. The number of nitrogens with zero attached hydrogens (tertiary/aromatic N) is 2. The van der Waals surface area contributed by atoms with Crippen LogP contribution in [0.4, 0.5) is 4.39 Å². The molecule has 0 fully saturated rings. The zero-order chi connectivity index (χ0) is 16.9. The molecule has 3 rings (SSSR count). The Morgan fingerprint density at radius 2 is 1.96 bits per heavy atom. The third-order valence-electron chi connectivity index (χ3n) is 3.88. The molecule has 1 amide bonds. The molecule has 122 valence electrons. The monoisotopic (exact) mass is 323 g/mol. The van der Waals surface area contributed by atoms with Crippen LogP contribution in [0.1, 0.15) is 24.1 Å². The van der Waals surface area contributed by atoms with Crippen molar-refractivity contribution in [3.8, 4) is 5.69 Å². The Bertz CT molecular complexity index is 813. The topological polar surface area (TPSA) is 46.9 Å². The molecular weight excluding hydrogens is 305 g/mol. The van der Waals surface area contributed by atoms with Gasteiger partial charge in [0.1, 0.15) is 5.82 Å². The molecular formula is C19H18FN3O. The molecule has 3 aromatic rings. The summed E-state index contributed by atoms with van der Waals surface area (Å²) in [6, 6.07) is 14.0. The summed E-state index contributed by atoms with van der Waals surface area (Å²) in [4.78, 5) is 16.1. The molecule has 1 atom stereocenters. The summed E-state index contributed by atoms with van der Waals surface area (Å²) in [5, 5.41) is 2.90. The molecule has 0 aliphatic carbocycles. The third kappa shape index (κ3) is 3.68. The summed E-state index contributed by atoms with van der Waals surface area (Å²) < 4.78 is 15.5. The minimum Gasteiger partial charge on any atom is -0.349 e. The lowest BCUT2D eigenvalue weighted by Gasteiger charge is -2.15. The summed E-state index contributed by atoms with van der Waals surface area (Å²) in [5.41, 5.74) is 2.39. The Hall–Kier alpha value is -2.95. The van der Waals surface area contributed by atoms with Crippen molar-refractivity contribution in [2.24, 2.45) is 0 Å². The largest absolute Gasteiger partial charge is 0.349 e. The van der Waals surface area contributed by atoms with Crippen LogP contribution in [0.5, 0.6) is 0 Å². The zero-order valence-electron chi connectivity index (χ0n) is 13.3. The highest BCUT2D eigenvalue weighted by Gasteiger charge is 2.12. The molecule has 0 unspecified atom stereocenters. The lowest BCUT2D eigenvalue weighted by molar-refractivity contribution is -0.121. The van der Waals surface area contributed by atoms with Crippen LogP contribution in [0, 0.1) is 5.82 Å². The first-order valence-corrected chi connectivity index (χ1v) is 7.74. The van der Waals surface area contributed by atoms with Gasteiger partial charge in [0.25, 0.3) is 0 Å². The zero-order valence-corrected chi connectivity index (χ0v) is 13.3. The number of imidazole rings is 1. The minimum atomic E-state index is -0.356. The number of aromatic nitrogens is 2. The van der Waals surface area contributed by atoms with Crippen LogP contribution in [0.15, 0.2) is 67.3 Å². The van der Waals surface area contributed by atoms with Gasteiger partial charge in [0.15, 0.2) is 0 Å². The molecule has 0 saturated heterocycles. The lowest BCUT2D eigenvalue weighted by Crippen LogP contribution is -2.28. The number of carbonyl (C=O) groups excluding carboxylic acids is 1. The van der Waals surface area contributed by atoms with Crippen molar-refractivity contribution in [2.45, 2.75) is 19.4 Å². The van der Waals surface area contributed by atoms with Gasteiger partial charge < -0.3 is 9.88 Å². The Kier molecular flexibility index (Phi) is 4.70. The summed E-state index contributed by atoms with van der Waals surface area (Å²) in [5.74, 6) is -0.559. The van der Waals surface area contributed by atoms with Gasteiger partial charge in [-0.25, -0.2) is 9.37 Å². The third-order valence-corrected chi connectivity index (χ3v) is 3.88. The molecule has 0 radical (unpaired) electrons. The molecule has 24 heavy (non-hydrogen) atoms. The van der Waals surface area contributed by atoms with E-state index in [1.165, 1.54) is 6.07 Å². The first-order chi connectivity index (χ1) is 11.6.